The molecule has 10 heteroatoms. The fourth-order valence-electron chi connectivity index (χ4n) is 2.00. The summed E-state index contributed by atoms with van der Waals surface area (Å²) in [5, 5.41) is 2.70. The van der Waals surface area contributed by atoms with Crippen LogP contribution >= 0.6 is 0 Å². The molecule has 1 amide bonds. The van der Waals surface area contributed by atoms with Crippen LogP contribution in [0.2, 0.25) is 0 Å². The van der Waals surface area contributed by atoms with Crippen molar-refractivity contribution in [1.82, 2.24) is 9.79 Å². The smallest absolute Gasteiger partial charge is 0.338 e. The molecule has 0 saturated carbocycles. The van der Waals surface area contributed by atoms with Crippen LogP contribution in [0.1, 0.15) is 38.1 Å². The van der Waals surface area contributed by atoms with Crippen LogP contribution in [0.25, 0.3) is 0 Å². The third-order valence-electron chi connectivity index (χ3n) is 3.42. The number of hydrogen-bond acceptors (Lipinski definition) is 7. The van der Waals surface area contributed by atoms with Crippen molar-refractivity contribution in [3.63, 3.8) is 0 Å². The summed E-state index contributed by atoms with van der Waals surface area (Å²) < 4.78 is 35.9. The zero-order valence-electron chi connectivity index (χ0n) is 16.5. The molecule has 0 fully saturated rings. The van der Waals surface area contributed by atoms with E-state index in [2.05, 4.69) is 5.32 Å². The van der Waals surface area contributed by atoms with Crippen LogP contribution in [0, 0.1) is 0 Å². The maximum atomic E-state index is 12.5. The second kappa shape index (κ2) is 8.68. The minimum Gasteiger partial charge on any atom is -0.495 e. The number of rotatable bonds is 7. The average Bonchev–Trinajstić information content (AvgIpc) is 2.58. The van der Waals surface area contributed by atoms with E-state index >= 15 is 0 Å². The Morgan fingerprint density at radius 2 is 1.78 bits per heavy atom. The Bertz CT molecular complexity index is 800. The summed E-state index contributed by atoms with van der Waals surface area (Å²) >= 11 is 0. The molecule has 0 radical (unpaired) electrons. The lowest BCUT2D eigenvalue weighted by Crippen LogP contribution is -2.46. The highest BCUT2D eigenvalue weighted by molar-refractivity contribution is 7.89. The number of carbonyl (C=O) groups excluding carboxylic acids is 2. The normalized spacial score (nSPS) is 13.2. The van der Waals surface area contributed by atoms with E-state index in [0.717, 1.165) is 6.07 Å². The molecule has 0 aliphatic carbocycles. The van der Waals surface area contributed by atoms with E-state index in [4.69, 9.17) is 14.3 Å². The van der Waals surface area contributed by atoms with Crippen molar-refractivity contribution < 1.29 is 32.3 Å². The minimum atomic E-state index is -4.06. The maximum Gasteiger partial charge on any atom is 0.338 e. The summed E-state index contributed by atoms with van der Waals surface area (Å²) in [7, 11) is -0.355. The second-order valence-corrected chi connectivity index (χ2v) is 8.65. The van der Waals surface area contributed by atoms with E-state index in [1.165, 1.54) is 40.3 Å². The van der Waals surface area contributed by atoms with Gasteiger partial charge in [0.25, 0.3) is 15.9 Å². The molecular weight excluding hydrogens is 376 g/mol. The van der Waals surface area contributed by atoms with E-state index < -0.39 is 33.5 Å². The number of esters is 1. The Morgan fingerprint density at radius 3 is 2.26 bits per heavy atom. The number of sulfonamides is 1. The number of nitrogens with zero attached hydrogens (tertiary/aromatic N) is 1. The van der Waals surface area contributed by atoms with Crippen molar-refractivity contribution in [2.75, 3.05) is 21.3 Å². The number of nitrogens with one attached hydrogen (secondary N) is 1. The van der Waals surface area contributed by atoms with Crippen molar-refractivity contribution >= 4 is 21.9 Å². The number of methoxy groups -OCH3 is 1. The first-order valence-electron chi connectivity index (χ1n) is 8.07. The molecule has 27 heavy (non-hydrogen) atoms. The average molecular weight is 402 g/mol. The molecule has 1 rings (SSSR count). The highest BCUT2D eigenvalue weighted by atomic mass is 32.2. The van der Waals surface area contributed by atoms with Crippen molar-refractivity contribution in [3.05, 3.63) is 23.8 Å². The van der Waals surface area contributed by atoms with Crippen LogP contribution in [0.3, 0.4) is 0 Å². The van der Waals surface area contributed by atoms with Gasteiger partial charge in [-0.1, -0.05) is 4.47 Å². The number of amides is 1. The van der Waals surface area contributed by atoms with Gasteiger partial charge in [-0.3, -0.25) is 9.63 Å². The van der Waals surface area contributed by atoms with Crippen molar-refractivity contribution in [2.45, 2.75) is 44.2 Å². The quantitative estimate of drug-likeness (QED) is 0.541. The first-order chi connectivity index (χ1) is 12.3. The zero-order valence-corrected chi connectivity index (χ0v) is 17.3. The standard InChI is InChI=1S/C17H26N2O7S/c1-11(15(20)18-17(2,3)4)26-16(21)12-8-9-13(24-6)14(10-12)27(22,23)19(5)25-7/h8-11H,1-7H3,(H,18,20)/t11-/m1/s1. The molecule has 0 bridgehead atoms. The second-order valence-electron chi connectivity index (χ2n) is 6.75. The topological polar surface area (TPSA) is 111 Å². The number of carbonyl (C=O) groups is 2. The van der Waals surface area contributed by atoms with Crippen LogP contribution in [0.15, 0.2) is 23.1 Å². The number of benzene rings is 1. The van der Waals surface area contributed by atoms with Gasteiger partial charge in [0.1, 0.15) is 10.6 Å². The molecule has 0 aliphatic heterocycles. The van der Waals surface area contributed by atoms with E-state index in [0.29, 0.717) is 4.47 Å². The molecular formula is C17H26N2O7S. The molecule has 1 aromatic rings. The Labute approximate surface area is 159 Å². The van der Waals surface area contributed by atoms with Crippen LogP contribution in [-0.2, 0) is 24.4 Å². The zero-order chi connectivity index (χ0) is 21.0. The summed E-state index contributed by atoms with van der Waals surface area (Å²) in [5.41, 5.74) is -0.529. The third-order valence-corrected chi connectivity index (χ3v) is 5.12. The summed E-state index contributed by atoms with van der Waals surface area (Å²) in [6.45, 7) is 6.82. The third kappa shape index (κ3) is 5.91. The highest BCUT2D eigenvalue weighted by Crippen LogP contribution is 2.27. The molecule has 0 heterocycles. The lowest BCUT2D eigenvalue weighted by Gasteiger charge is -2.23. The van der Waals surface area contributed by atoms with Crippen molar-refractivity contribution in [1.29, 1.82) is 0 Å². The molecule has 0 unspecified atom stereocenters. The summed E-state index contributed by atoms with van der Waals surface area (Å²) in [6.07, 6.45) is -1.06. The molecule has 0 aliphatic rings. The lowest BCUT2D eigenvalue weighted by molar-refractivity contribution is -0.130. The van der Waals surface area contributed by atoms with E-state index in [-0.39, 0.29) is 16.2 Å². The predicted octanol–water partition coefficient (Wildman–Crippen LogP) is 1.34. The van der Waals surface area contributed by atoms with E-state index in [1.807, 2.05) is 0 Å². The molecule has 152 valence electrons. The van der Waals surface area contributed by atoms with Gasteiger partial charge in [-0.05, 0) is 45.9 Å². The molecule has 1 atom stereocenters. The minimum absolute atomic E-state index is 0.0361. The summed E-state index contributed by atoms with van der Waals surface area (Å²) in [4.78, 5) is 28.9. The van der Waals surface area contributed by atoms with Crippen LogP contribution < -0.4 is 10.1 Å². The summed E-state index contributed by atoms with van der Waals surface area (Å²) in [6, 6.07) is 3.79. The van der Waals surface area contributed by atoms with Gasteiger partial charge in [0.15, 0.2) is 6.10 Å². The monoisotopic (exact) mass is 402 g/mol. The van der Waals surface area contributed by atoms with Crippen LogP contribution in [-0.4, -0.2) is 57.7 Å². The molecule has 1 N–H and O–H groups in total. The fraction of sp³-hybridized carbons (Fsp3) is 0.529. The van der Waals surface area contributed by atoms with Crippen molar-refractivity contribution in [3.8, 4) is 5.75 Å². The van der Waals surface area contributed by atoms with Crippen LogP contribution in [0.4, 0.5) is 0 Å². The van der Waals surface area contributed by atoms with Gasteiger partial charge in [0, 0.05) is 12.6 Å². The van der Waals surface area contributed by atoms with Crippen LogP contribution in [0.5, 0.6) is 5.75 Å². The lowest BCUT2D eigenvalue weighted by atomic mass is 10.1. The number of hydrogen-bond donors (Lipinski definition) is 1. The van der Waals surface area contributed by atoms with Gasteiger partial charge in [-0.25, -0.2) is 13.2 Å². The Kier molecular flexibility index (Phi) is 7.35. The Hall–Kier alpha value is -2.17. The van der Waals surface area contributed by atoms with E-state index in [1.54, 1.807) is 20.8 Å². The fourth-order valence-corrected chi connectivity index (χ4v) is 3.15. The van der Waals surface area contributed by atoms with Gasteiger partial charge in [-0.15, -0.1) is 0 Å². The van der Waals surface area contributed by atoms with Gasteiger partial charge in [0.2, 0.25) is 0 Å². The largest absolute Gasteiger partial charge is 0.495 e. The highest BCUT2D eigenvalue weighted by Gasteiger charge is 2.28. The SMILES string of the molecule is COc1ccc(C(=O)O[C@H](C)C(=O)NC(C)(C)C)cc1S(=O)(=O)N(C)OC. The maximum absolute atomic E-state index is 12.5. The van der Waals surface area contributed by atoms with Gasteiger partial charge in [0.05, 0.1) is 19.8 Å². The molecule has 0 saturated heterocycles. The summed E-state index contributed by atoms with van der Waals surface area (Å²) in [5.74, 6) is -1.27. The first kappa shape index (κ1) is 22.9. The van der Waals surface area contributed by atoms with Gasteiger partial charge < -0.3 is 14.8 Å². The molecule has 1 aromatic carbocycles. The molecule has 0 aromatic heterocycles. The Morgan fingerprint density at radius 1 is 1.19 bits per heavy atom. The van der Waals surface area contributed by atoms with E-state index in [9.17, 15) is 18.0 Å². The van der Waals surface area contributed by atoms with Crippen molar-refractivity contribution in [2.24, 2.45) is 0 Å². The molecule has 9 nitrogen and oxygen atoms in total. The number of hydroxylamine groups is 1. The Balaban J connectivity index is 3.13. The van der Waals surface area contributed by atoms with Gasteiger partial charge in [-0.2, -0.15) is 0 Å². The molecule has 0 spiro atoms. The van der Waals surface area contributed by atoms with Gasteiger partial charge >= 0.3 is 5.97 Å². The predicted molar refractivity (Wildman–Crippen MR) is 97.7 cm³/mol. The first-order valence-corrected chi connectivity index (χ1v) is 9.51. The number of ether oxygens (including phenoxy) is 2.